The minimum absolute atomic E-state index is 0.151. The molecule has 1 aliphatic rings. The molecule has 1 aliphatic carbocycles. The van der Waals surface area contributed by atoms with Gasteiger partial charge in [-0.25, -0.2) is 17.5 Å². The van der Waals surface area contributed by atoms with E-state index in [9.17, 15) is 17.6 Å². The Kier molecular flexibility index (Phi) is 7.16. The number of sulfonamides is 1. The van der Waals surface area contributed by atoms with Crippen LogP contribution in [0.5, 0.6) is 0 Å². The van der Waals surface area contributed by atoms with Crippen LogP contribution in [-0.2, 0) is 10.0 Å². The average molecular weight is 459 g/mol. The maximum absolute atomic E-state index is 14.2. The van der Waals surface area contributed by atoms with Crippen molar-refractivity contribution in [3.8, 4) is 0 Å². The molecule has 29 heavy (non-hydrogen) atoms. The molecule has 0 atom stereocenters. The van der Waals surface area contributed by atoms with Crippen LogP contribution >= 0.6 is 23.2 Å². The molecule has 156 valence electrons. The lowest BCUT2D eigenvalue weighted by molar-refractivity contribution is 0.102. The molecule has 9 heteroatoms. The standard InChI is InChI=1S/C20H21Cl2FN2O3S/c21-17-9-7-14(11-18(17)22)24-20(26)16-12-15(8-10-19(16)23)29(27,28)25-13-5-3-1-2-4-6-13/h7-13,25H,1-6H2,(H,24,26). The van der Waals surface area contributed by atoms with Crippen molar-refractivity contribution in [2.75, 3.05) is 5.32 Å². The summed E-state index contributed by atoms with van der Waals surface area (Å²) in [4.78, 5) is 12.4. The summed E-state index contributed by atoms with van der Waals surface area (Å²) in [5.74, 6) is -1.61. The molecular weight excluding hydrogens is 438 g/mol. The highest BCUT2D eigenvalue weighted by atomic mass is 35.5. The molecule has 5 nitrogen and oxygen atoms in total. The van der Waals surface area contributed by atoms with E-state index in [4.69, 9.17) is 23.2 Å². The zero-order chi connectivity index (χ0) is 21.0. The van der Waals surface area contributed by atoms with Crippen molar-refractivity contribution < 1.29 is 17.6 Å². The number of nitrogens with one attached hydrogen (secondary N) is 2. The number of anilines is 1. The number of amides is 1. The van der Waals surface area contributed by atoms with Gasteiger partial charge in [-0.05, 0) is 49.2 Å². The van der Waals surface area contributed by atoms with Crippen LogP contribution in [0.3, 0.4) is 0 Å². The average Bonchev–Trinajstić information content (AvgIpc) is 2.93. The van der Waals surface area contributed by atoms with Crippen LogP contribution in [0, 0.1) is 5.82 Å². The van der Waals surface area contributed by atoms with Gasteiger partial charge in [0.1, 0.15) is 5.82 Å². The van der Waals surface area contributed by atoms with E-state index < -0.39 is 21.7 Å². The van der Waals surface area contributed by atoms with E-state index in [1.54, 1.807) is 0 Å². The van der Waals surface area contributed by atoms with Gasteiger partial charge in [-0.1, -0.05) is 48.9 Å². The number of benzene rings is 2. The van der Waals surface area contributed by atoms with Gasteiger partial charge in [0.15, 0.2) is 0 Å². The monoisotopic (exact) mass is 458 g/mol. The summed E-state index contributed by atoms with van der Waals surface area (Å²) in [6.45, 7) is 0. The van der Waals surface area contributed by atoms with E-state index in [0.717, 1.165) is 56.7 Å². The number of carbonyl (C=O) groups is 1. The summed E-state index contributed by atoms with van der Waals surface area (Å²) >= 11 is 11.8. The van der Waals surface area contributed by atoms with E-state index in [1.807, 2.05) is 0 Å². The molecule has 1 amide bonds. The molecule has 1 fully saturated rings. The molecule has 0 spiro atoms. The number of hydrogen-bond donors (Lipinski definition) is 2. The zero-order valence-electron chi connectivity index (χ0n) is 15.6. The third kappa shape index (κ3) is 5.69. The molecule has 0 radical (unpaired) electrons. The first-order chi connectivity index (χ1) is 13.8. The summed E-state index contributed by atoms with van der Waals surface area (Å²) in [6.07, 6.45) is 5.65. The molecule has 0 saturated heterocycles. The first kappa shape index (κ1) is 22.0. The van der Waals surface area contributed by atoms with Gasteiger partial charge in [0, 0.05) is 11.7 Å². The van der Waals surface area contributed by atoms with Crippen molar-refractivity contribution in [1.29, 1.82) is 0 Å². The fraction of sp³-hybridized carbons (Fsp3) is 0.350. The van der Waals surface area contributed by atoms with E-state index >= 15 is 0 Å². The van der Waals surface area contributed by atoms with Crippen LogP contribution in [0.1, 0.15) is 48.9 Å². The van der Waals surface area contributed by atoms with Gasteiger partial charge in [-0.3, -0.25) is 4.79 Å². The predicted molar refractivity (Wildman–Crippen MR) is 113 cm³/mol. The lowest BCUT2D eigenvalue weighted by Gasteiger charge is -2.17. The Hall–Kier alpha value is -1.67. The van der Waals surface area contributed by atoms with Crippen LogP contribution in [-0.4, -0.2) is 20.4 Å². The summed E-state index contributed by atoms with van der Waals surface area (Å²) < 4.78 is 42.4. The minimum Gasteiger partial charge on any atom is -0.322 e. The van der Waals surface area contributed by atoms with Crippen LogP contribution in [0.2, 0.25) is 10.0 Å². The van der Waals surface area contributed by atoms with Crippen molar-refractivity contribution in [3.63, 3.8) is 0 Å². The Bertz CT molecular complexity index is 1010. The molecular formula is C20H21Cl2FN2O3S. The SMILES string of the molecule is O=C(Nc1ccc(Cl)c(Cl)c1)c1cc(S(=O)(=O)NC2CCCCCC2)ccc1F. The maximum atomic E-state index is 14.2. The van der Waals surface area contributed by atoms with Gasteiger partial charge in [-0.15, -0.1) is 0 Å². The van der Waals surface area contributed by atoms with E-state index in [1.165, 1.54) is 18.2 Å². The normalized spacial score (nSPS) is 15.7. The largest absolute Gasteiger partial charge is 0.322 e. The van der Waals surface area contributed by atoms with Crippen LogP contribution < -0.4 is 10.0 Å². The van der Waals surface area contributed by atoms with Crippen molar-refractivity contribution >= 4 is 44.8 Å². The molecule has 0 heterocycles. The molecule has 0 aliphatic heterocycles. The van der Waals surface area contributed by atoms with E-state index in [0.29, 0.717) is 10.7 Å². The number of hydrogen-bond acceptors (Lipinski definition) is 3. The highest BCUT2D eigenvalue weighted by molar-refractivity contribution is 7.89. The lowest BCUT2D eigenvalue weighted by atomic mass is 10.1. The fourth-order valence-electron chi connectivity index (χ4n) is 3.30. The zero-order valence-corrected chi connectivity index (χ0v) is 17.9. The van der Waals surface area contributed by atoms with Gasteiger partial charge >= 0.3 is 0 Å². The van der Waals surface area contributed by atoms with Crippen molar-refractivity contribution in [3.05, 3.63) is 57.8 Å². The second-order valence-electron chi connectivity index (χ2n) is 7.03. The third-order valence-electron chi connectivity index (χ3n) is 4.85. The number of halogens is 3. The fourth-order valence-corrected chi connectivity index (χ4v) is 4.93. The van der Waals surface area contributed by atoms with E-state index in [-0.39, 0.29) is 21.5 Å². The highest BCUT2D eigenvalue weighted by Crippen LogP contribution is 2.26. The maximum Gasteiger partial charge on any atom is 0.258 e. The van der Waals surface area contributed by atoms with E-state index in [2.05, 4.69) is 10.0 Å². The van der Waals surface area contributed by atoms with Gasteiger partial charge in [-0.2, -0.15) is 0 Å². The quantitative estimate of drug-likeness (QED) is 0.589. The van der Waals surface area contributed by atoms with Crippen molar-refractivity contribution in [2.24, 2.45) is 0 Å². The first-order valence-corrected chi connectivity index (χ1v) is 11.6. The van der Waals surface area contributed by atoms with Gasteiger partial charge in [0.25, 0.3) is 5.91 Å². The molecule has 0 unspecified atom stereocenters. The highest BCUT2D eigenvalue weighted by Gasteiger charge is 2.23. The van der Waals surface area contributed by atoms with Crippen LogP contribution in [0.15, 0.2) is 41.3 Å². The molecule has 3 rings (SSSR count). The number of carbonyl (C=O) groups excluding carboxylic acids is 1. The molecule has 2 N–H and O–H groups in total. The Morgan fingerprint density at radius 2 is 1.66 bits per heavy atom. The summed E-state index contributed by atoms with van der Waals surface area (Å²) in [5, 5.41) is 3.04. The molecule has 2 aromatic rings. The second kappa shape index (κ2) is 9.43. The Morgan fingerprint density at radius 1 is 0.966 bits per heavy atom. The van der Waals surface area contributed by atoms with Crippen LogP contribution in [0.4, 0.5) is 10.1 Å². The van der Waals surface area contributed by atoms with Crippen LogP contribution in [0.25, 0.3) is 0 Å². The number of rotatable bonds is 5. The van der Waals surface area contributed by atoms with Gasteiger partial charge in [0.2, 0.25) is 10.0 Å². The Balaban J connectivity index is 1.80. The Labute approximate surface area is 179 Å². The molecule has 0 bridgehead atoms. The molecule has 2 aromatic carbocycles. The summed E-state index contributed by atoms with van der Waals surface area (Å²) in [7, 11) is -3.87. The predicted octanol–water partition coefficient (Wildman–Crippen LogP) is 5.39. The summed E-state index contributed by atoms with van der Waals surface area (Å²) in [6, 6.07) is 7.46. The topological polar surface area (TPSA) is 75.3 Å². The second-order valence-corrected chi connectivity index (χ2v) is 9.56. The van der Waals surface area contributed by atoms with Gasteiger partial charge < -0.3 is 5.32 Å². The minimum atomic E-state index is -3.87. The lowest BCUT2D eigenvalue weighted by Crippen LogP contribution is -2.34. The van der Waals surface area contributed by atoms with Crippen molar-refractivity contribution in [2.45, 2.75) is 49.5 Å². The summed E-state index contributed by atoms with van der Waals surface area (Å²) in [5.41, 5.74) is -0.0616. The Morgan fingerprint density at radius 3 is 2.31 bits per heavy atom. The third-order valence-corrected chi connectivity index (χ3v) is 7.10. The first-order valence-electron chi connectivity index (χ1n) is 9.34. The molecule has 1 saturated carbocycles. The molecule has 0 aromatic heterocycles. The van der Waals surface area contributed by atoms with Crippen molar-refractivity contribution in [1.82, 2.24) is 4.72 Å². The smallest absolute Gasteiger partial charge is 0.258 e. The van der Waals surface area contributed by atoms with Gasteiger partial charge in [0.05, 0.1) is 20.5 Å².